The fraction of sp³-hybridized carbons (Fsp3) is 0.375. The Hall–Kier alpha value is -3.20. The zero-order chi connectivity index (χ0) is 23.6. The predicted molar refractivity (Wildman–Crippen MR) is 124 cm³/mol. The van der Waals surface area contributed by atoms with Gasteiger partial charge in [0.05, 0.1) is 22.4 Å². The molecule has 1 aliphatic heterocycles. The Labute approximate surface area is 193 Å². The maximum absolute atomic E-state index is 13.0. The molecule has 0 aromatic heterocycles. The van der Waals surface area contributed by atoms with Crippen molar-refractivity contribution in [3.8, 4) is 0 Å². The number of amides is 3. The van der Waals surface area contributed by atoms with E-state index in [1.165, 1.54) is 28.4 Å². The fourth-order valence-electron chi connectivity index (χ4n) is 4.56. The number of hydrogen-bond acceptors (Lipinski definition) is 5. The van der Waals surface area contributed by atoms with Crippen molar-refractivity contribution in [3.63, 3.8) is 0 Å². The number of nitrogens with zero attached hydrogens (tertiary/aromatic N) is 2. The Morgan fingerprint density at radius 3 is 2.27 bits per heavy atom. The van der Waals surface area contributed by atoms with Crippen molar-refractivity contribution >= 4 is 39.1 Å². The molecule has 174 valence electrons. The van der Waals surface area contributed by atoms with Crippen LogP contribution < -0.4 is 9.62 Å². The summed E-state index contributed by atoms with van der Waals surface area (Å²) in [5.41, 5.74) is 0.850. The van der Waals surface area contributed by atoms with Crippen molar-refractivity contribution in [2.45, 2.75) is 37.0 Å². The van der Waals surface area contributed by atoms with Gasteiger partial charge in [-0.3, -0.25) is 23.6 Å². The van der Waals surface area contributed by atoms with Crippen LogP contribution in [0.3, 0.4) is 0 Å². The first-order valence-corrected chi connectivity index (χ1v) is 12.5. The highest BCUT2D eigenvalue weighted by atomic mass is 32.2. The number of rotatable bonds is 7. The van der Waals surface area contributed by atoms with Gasteiger partial charge in [-0.15, -0.1) is 0 Å². The molecule has 1 saturated carbocycles. The van der Waals surface area contributed by atoms with Crippen LogP contribution in [0.4, 0.5) is 11.4 Å². The number of hydrogen-bond donors (Lipinski definition) is 1. The van der Waals surface area contributed by atoms with Crippen molar-refractivity contribution < 1.29 is 22.8 Å². The van der Waals surface area contributed by atoms with Gasteiger partial charge < -0.3 is 5.32 Å². The molecule has 4 rings (SSSR count). The number of anilines is 2. The molecule has 1 aliphatic carbocycles. The summed E-state index contributed by atoms with van der Waals surface area (Å²) in [5.74, 6) is -1.21. The maximum atomic E-state index is 13.0. The lowest BCUT2D eigenvalue weighted by Gasteiger charge is -2.20. The van der Waals surface area contributed by atoms with Gasteiger partial charge in [0.2, 0.25) is 17.7 Å². The highest BCUT2D eigenvalue weighted by Crippen LogP contribution is 2.38. The van der Waals surface area contributed by atoms with Crippen LogP contribution in [0, 0.1) is 11.8 Å². The molecule has 2 fully saturated rings. The van der Waals surface area contributed by atoms with Crippen molar-refractivity contribution in [2.24, 2.45) is 11.8 Å². The number of benzene rings is 2. The minimum absolute atomic E-state index is 0.0330. The smallest absolute Gasteiger partial charge is 0.264 e. The second-order valence-electron chi connectivity index (χ2n) is 8.46. The highest BCUT2D eigenvalue weighted by Gasteiger charge is 2.47. The number of carbonyl (C=O) groups is 3. The Kier molecular flexibility index (Phi) is 6.51. The van der Waals surface area contributed by atoms with Gasteiger partial charge in [-0.25, -0.2) is 8.42 Å². The van der Waals surface area contributed by atoms with E-state index < -0.39 is 15.9 Å². The van der Waals surface area contributed by atoms with Crippen LogP contribution in [0.25, 0.3) is 0 Å². The van der Waals surface area contributed by atoms with Crippen LogP contribution in [-0.4, -0.2) is 44.6 Å². The van der Waals surface area contributed by atoms with E-state index in [0.717, 1.165) is 25.7 Å². The lowest BCUT2D eigenvalue weighted by Crippen LogP contribution is -2.34. The maximum Gasteiger partial charge on any atom is 0.264 e. The van der Waals surface area contributed by atoms with Gasteiger partial charge in [-0.2, -0.15) is 0 Å². The standard InChI is InChI=1S/C24H27N3O5S/c1-26(18-9-3-2-4-10-18)33(31,32)19-11-7-8-17(16-19)25-22(28)14-15-27-23(29)20-12-5-6-13-21(20)24(27)30/h2-4,7-11,16,20-21H,5-6,12-15H2,1H3,(H,25,28)/t20-,21-/m0/s1. The third-order valence-corrected chi connectivity index (χ3v) is 8.17. The number of sulfonamides is 1. The van der Waals surface area contributed by atoms with Gasteiger partial charge in [0.25, 0.3) is 10.0 Å². The molecule has 33 heavy (non-hydrogen) atoms. The third kappa shape index (κ3) is 4.64. The van der Waals surface area contributed by atoms with Gasteiger partial charge in [0, 0.05) is 25.7 Å². The summed E-state index contributed by atoms with van der Waals surface area (Å²) in [4.78, 5) is 38.9. The first-order chi connectivity index (χ1) is 15.8. The number of imide groups is 1. The van der Waals surface area contributed by atoms with E-state index in [0.29, 0.717) is 11.4 Å². The van der Waals surface area contributed by atoms with Crippen LogP contribution in [0.2, 0.25) is 0 Å². The summed E-state index contributed by atoms with van der Waals surface area (Å²) in [5, 5.41) is 2.68. The van der Waals surface area contributed by atoms with Crippen LogP contribution in [-0.2, 0) is 24.4 Å². The Balaban J connectivity index is 1.40. The molecular weight excluding hydrogens is 442 g/mol. The molecular formula is C24H27N3O5S. The van der Waals surface area contributed by atoms with Crippen molar-refractivity contribution in [1.29, 1.82) is 0 Å². The minimum Gasteiger partial charge on any atom is -0.326 e. The summed E-state index contributed by atoms with van der Waals surface area (Å²) in [7, 11) is -2.35. The monoisotopic (exact) mass is 469 g/mol. The molecule has 1 heterocycles. The average molecular weight is 470 g/mol. The molecule has 1 N–H and O–H groups in total. The predicted octanol–water partition coefficient (Wildman–Crippen LogP) is 3.02. The zero-order valence-electron chi connectivity index (χ0n) is 18.4. The molecule has 2 aromatic carbocycles. The van der Waals surface area contributed by atoms with Gasteiger partial charge in [-0.1, -0.05) is 37.1 Å². The van der Waals surface area contributed by atoms with Gasteiger partial charge in [0.15, 0.2) is 0 Å². The van der Waals surface area contributed by atoms with E-state index in [1.807, 2.05) is 0 Å². The van der Waals surface area contributed by atoms with Crippen LogP contribution >= 0.6 is 0 Å². The largest absolute Gasteiger partial charge is 0.326 e. The molecule has 0 radical (unpaired) electrons. The van der Waals surface area contributed by atoms with Crippen molar-refractivity contribution in [1.82, 2.24) is 4.90 Å². The number of para-hydroxylation sites is 1. The molecule has 2 aromatic rings. The Bertz CT molecular complexity index is 1140. The first kappa shape index (κ1) is 23.0. The van der Waals surface area contributed by atoms with Crippen molar-refractivity contribution in [2.75, 3.05) is 23.2 Å². The number of nitrogens with one attached hydrogen (secondary N) is 1. The fourth-order valence-corrected chi connectivity index (χ4v) is 5.80. The minimum atomic E-state index is -3.82. The van der Waals surface area contributed by atoms with Crippen LogP contribution in [0.1, 0.15) is 32.1 Å². The highest BCUT2D eigenvalue weighted by molar-refractivity contribution is 7.92. The zero-order valence-corrected chi connectivity index (χ0v) is 19.3. The molecule has 3 amide bonds. The molecule has 0 bridgehead atoms. The van der Waals surface area contributed by atoms with Gasteiger partial charge in [-0.05, 0) is 43.2 Å². The lowest BCUT2D eigenvalue weighted by molar-refractivity contribution is -0.140. The van der Waals surface area contributed by atoms with E-state index in [2.05, 4.69) is 5.32 Å². The van der Waals surface area contributed by atoms with Crippen LogP contribution in [0.15, 0.2) is 59.5 Å². The second kappa shape index (κ2) is 9.35. The molecule has 2 atom stereocenters. The molecule has 0 spiro atoms. The van der Waals surface area contributed by atoms with E-state index in [4.69, 9.17) is 0 Å². The average Bonchev–Trinajstić information content (AvgIpc) is 3.07. The Morgan fingerprint density at radius 1 is 1.00 bits per heavy atom. The molecule has 9 heteroatoms. The van der Waals surface area contributed by atoms with Gasteiger partial charge >= 0.3 is 0 Å². The van der Waals surface area contributed by atoms with E-state index in [-0.39, 0.29) is 41.5 Å². The quantitative estimate of drug-likeness (QED) is 0.628. The number of carbonyl (C=O) groups excluding carboxylic acids is 3. The lowest BCUT2D eigenvalue weighted by atomic mass is 9.81. The van der Waals surface area contributed by atoms with E-state index in [9.17, 15) is 22.8 Å². The van der Waals surface area contributed by atoms with E-state index in [1.54, 1.807) is 42.5 Å². The number of fused-ring (bicyclic) bond motifs is 1. The topological polar surface area (TPSA) is 104 Å². The van der Waals surface area contributed by atoms with E-state index >= 15 is 0 Å². The molecule has 2 aliphatic rings. The SMILES string of the molecule is CN(c1ccccc1)S(=O)(=O)c1cccc(NC(=O)CCN2C(=O)[C@H]3CCCC[C@@H]3C2=O)c1. The van der Waals surface area contributed by atoms with Crippen LogP contribution in [0.5, 0.6) is 0 Å². The Morgan fingerprint density at radius 2 is 1.64 bits per heavy atom. The second-order valence-corrected chi connectivity index (χ2v) is 10.4. The summed E-state index contributed by atoms with van der Waals surface area (Å²) >= 11 is 0. The van der Waals surface area contributed by atoms with Gasteiger partial charge in [0.1, 0.15) is 0 Å². The summed E-state index contributed by atoms with van der Waals surface area (Å²) in [6.07, 6.45) is 3.32. The summed E-state index contributed by atoms with van der Waals surface area (Å²) in [6, 6.07) is 14.7. The van der Waals surface area contributed by atoms with Crippen molar-refractivity contribution in [3.05, 3.63) is 54.6 Å². The third-order valence-electron chi connectivity index (χ3n) is 6.39. The molecule has 0 unspecified atom stereocenters. The molecule has 8 nitrogen and oxygen atoms in total. The first-order valence-electron chi connectivity index (χ1n) is 11.1. The normalized spacial score (nSPS) is 20.5. The molecule has 1 saturated heterocycles. The summed E-state index contributed by atoms with van der Waals surface area (Å²) < 4.78 is 27.2. The number of likely N-dealkylation sites (tertiary alicyclic amines) is 1. The summed E-state index contributed by atoms with van der Waals surface area (Å²) in [6.45, 7) is 0.0330.